The summed E-state index contributed by atoms with van der Waals surface area (Å²) in [7, 11) is 0. The molecule has 2 heterocycles. The third kappa shape index (κ3) is 2.47. The monoisotopic (exact) mass is 298 g/mol. The van der Waals surface area contributed by atoms with Crippen LogP contribution < -0.4 is 5.32 Å². The number of hydrogen-bond donors (Lipinski definition) is 1. The molecule has 0 saturated carbocycles. The van der Waals surface area contributed by atoms with Crippen LogP contribution in [0.15, 0.2) is 47.8 Å². The van der Waals surface area contributed by atoms with E-state index in [0.717, 1.165) is 6.42 Å². The Morgan fingerprint density at radius 3 is 2.65 bits per heavy atom. The molecule has 0 amide bonds. The lowest BCUT2D eigenvalue weighted by Gasteiger charge is -2.34. The highest BCUT2D eigenvalue weighted by Gasteiger charge is 2.36. The zero-order valence-electron chi connectivity index (χ0n) is 10.8. The number of hydrogen-bond acceptors (Lipinski definition) is 3. The van der Waals surface area contributed by atoms with Crippen molar-refractivity contribution in [3.63, 3.8) is 0 Å². The third-order valence-electron chi connectivity index (χ3n) is 3.74. The van der Waals surface area contributed by atoms with E-state index < -0.39 is 0 Å². The van der Waals surface area contributed by atoms with E-state index in [-0.39, 0.29) is 17.9 Å². The van der Waals surface area contributed by atoms with Gasteiger partial charge in [-0.05, 0) is 23.4 Å². The fourth-order valence-corrected chi connectivity index (χ4v) is 3.97. The van der Waals surface area contributed by atoms with Gasteiger partial charge >= 0.3 is 0 Å². The molecule has 2 aromatic rings. The molecule has 1 aromatic carbocycles. The number of nitrogens with one attached hydrogen (secondary N) is 1. The molecule has 1 aromatic heterocycles. The Balaban J connectivity index is 1.92. The van der Waals surface area contributed by atoms with Crippen LogP contribution in [-0.2, 0) is 0 Å². The summed E-state index contributed by atoms with van der Waals surface area (Å²) < 4.78 is 0. The molecule has 1 aliphatic rings. The fourth-order valence-electron chi connectivity index (χ4n) is 2.73. The average Bonchev–Trinajstić information content (AvgIpc) is 3.01. The van der Waals surface area contributed by atoms with Crippen molar-refractivity contribution in [3.8, 4) is 6.07 Å². The topological polar surface area (TPSA) is 35.8 Å². The van der Waals surface area contributed by atoms with E-state index in [0.29, 0.717) is 4.99 Å². The maximum atomic E-state index is 9.41. The maximum Gasteiger partial charge on any atom is 0.104 e. The molecule has 3 rings (SSSR count). The van der Waals surface area contributed by atoms with Gasteiger partial charge in [0, 0.05) is 10.8 Å². The van der Waals surface area contributed by atoms with Gasteiger partial charge in [0.1, 0.15) is 5.92 Å². The summed E-state index contributed by atoms with van der Waals surface area (Å²) in [6.45, 7) is 0. The SMILES string of the molecule is N#CC1C(=S)NC(c2ccccc2)CC1c1cccs1. The Bertz CT molecular complexity index is 628. The lowest BCUT2D eigenvalue weighted by atomic mass is 9.81. The van der Waals surface area contributed by atoms with Crippen LogP contribution in [0.1, 0.15) is 28.8 Å². The molecule has 100 valence electrons. The molecule has 3 atom stereocenters. The molecule has 1 N–H and O–H groups in total. The van der Waals surface area contributed by atoms with Crippen LogP contribution in [0.25, 0.3) is 0 Å². The van der Waals surface area contributed by atoms with Gasteiger partial charge < -0.3 is 5.32 Å². The van der Waals surface area contributed by atoms with Crippen molar-refractivity contribution in [1.82, 2.24) is 5.32 Å². The number of thiocarbonyl (C=S) groups is 1. The molecule has 0 radical (unpaired) electrons. The number of benzene rings is 1. The van der Waals surface area contributed by atoms with Gasteiger partial charge in [-0.15, -0.1) is 11.3 Å². The lowest BCUT2D eigenvalue weighted by Crippen LogP contribution is -2.41. The Labute approximate surface area is 128 Å². The quantitative estimate of drug-likeness (QED) is 0.850. The van der Waals surface area contributed by atoms with E-state index in [1.54, 1.807) is 11.3 Å². The van der Waals surface area contributed by atoms with Crippen molar-refractivity contribution in [3.05, 3.63) is 58.3 Å². The highest BCUT2D eigenvalue weighted by Crippen LogP contribution is 2.40. The van der Waals surface area contributed by atoms with E-state index in [1.165, 1.54) is 10.4 Å². The van der Waals surface area contributed by atoms with E-state index >= 15 is 0 Å². The number of piperidine rings is 1. The Morgan fingerprint density at radius 2 is 2.00 bits per heavy atom. The summed E-state index contributed by atoms with van der Waals surface area (Å²) in [5.41, 5.74) is 1.23. The van der Waals surface area contributed by atoms with Crippen LogP contribution in [0, 0.1) is 17.2 Å². The second-order valence-corrected chi connectivity index (χ2v) is 6.36. The number of thiophene rings is 1. The van der Waals surface area contributed by atoms with Gasteiger partial charge in [0.15, 0.2) is 0 Å². The van der Waals surface area contributed by atoms with Crippen molar-refractivity contribution in [2.75, 3.05) is 0 Å². The van der Waals surface area contributed by atoms with E-state index in [2.05, 4.69) is 35.0 Å². The van der Waals surface area contributed by atoms with Gasteiger partial charge in [-0.25, -0.2) is 0 Å². The minimum Gasteiger partial charge on any atom is -0.372 e. The Morgan fingerprint density at radius 1 is 1.20 bits per heavy atom. The van der Waals surface area contributed by atoms with Gasteiger partial charge in [-0.1, -0.05) is 48.6 Å². The molecule has 0 bridgehead atoms. The number of nitriles is 1. The molecule has 1 saturated heterocycles. The normalized spacial score (nSPS) is 25.8. The van der Waals surface area contributed by atoms with E-state index in [1.807, 2.05) is 24.3 Å². The zero-order valence-corrected chi connectivity index (χ0v) is 12.5. The first-order valence-electron chi connectivity index (χ1n) is 6.58. The highest BCUT2D eigenvalue weighted by molar-refractivity contribution is 7.80. The van der Waals surface area contributed by atoms with Gasteiger partial charge in [0.25, 0.3) is 0 Å². The van der Waals surface area contributed by atoms with E-state index in [9.17, 15) is 5.26 Å². The molecule has 1 aliphatic heterocycles. The van der Waals surface area contributed by atoms with Gasteiger partial charge in [0.2, 0.25) is 0 Å². The summed E-state index contributed by atoms with van der Waals surface area (Å²) in [5, 5.41) is 14.8. The summed E-state index contributed by atoms with van der Waals surface area (Å²) >= 11 is 7.13. The van der Waals surface area contributed by atoms with Crippen molar-refractivity contribution in [2.24, 2.45) is 5.92 Å². The molecular formula is C16H14N2S2. The molecule has 20 heavy (non-hydrogen) atoms. The summed E-state index contributed by atoms with van der Waals surface area (Å²) in [6.07, 6.45) is 0.906. The van der Waals surface area contributed by atoms with Crippen LogP contribution in [0.3, 0.4) is 0 Å². The smallest absolute Gasteiger partial charge is 0.104 e. The average molecular weight is 298 g/mol. The molecule has 0 aliphatic carbocycles. The molecule has 2 nitrogen and oxygen atoms in total. The van der Waals surface area contributed by atoms with Crippen LogP contribution in [-0.4, -0.2) is 4.99 Å². The Kier molecular flexibility index (Phi) is 3.81. The first-order valence-corrected chi connectivity index (χ1v) is 7.86. The van der Waals surface area contributed by atoms with Crippen molar-refractivity contribution < 1.29 is 0 Å². The summed E-state index contributed by atoms with van der Waals surface area (Å²) in [5.74, 6) is -0.0254. The van der Waals surface area contributed by atoms with Crippen molar-refractivity contribution in [1.29, 1.82) is 5.26 Å². The Hall–Kier alpha value is -1.70. The largest absolute Gasteiger partial charge is 0.372 e. The van der Waals surface area contributed by atoms with E-state index in [4.69, 9.17) is 12.2 Å². The van der Waals surface area contributed by atoms with Gasteiger partial charge in [0.05, 0.1) is 17.1 Å². The van der Waals surface area contributed by atoms with Crippen LogP contribution in [0.4, 0.5) is 0 Å². The van der Waals surface area contributed by atoms with Crippen LogP contribution in [0.5, 0.6) is 0 Å². The molecule has 1 fully saturated rings. The minimum atomic E-state index is -0.219. The van der Waals surface area contributed by atoms with Crippen molar-refractivity contribution in [2.45, 2.75) is 18.4 Å². The first-order chi connectivity index (χ1) is 9.79. The lowest BCUT2D eigenvalue weighted by molar-refractivity contribution is 0.441. The molecular weight excluding hydrogens is 284 g/mol. The first kappa shape index (κ1) is 13.3. The number of rotatable bonds is 2. The van der Waals surface area contributed by atoms with Crippen LogP contribution >= 0.6 is 23.6 Å². The highest BCUT2D eigenvalue weighted by atomic mass is 32.1. The zero-order chi connectivity index (χ0) is 13.9. The number of nitrogens with zero attached hydrogens (tertiary/aromatic N) is 1. The second-order valence-electron chi connectivity index (χ2n) is 4.94. The molecule has 4 heteroatoms. The second kappa shape index (κ2) is 5.74. The molecule has 3 unspecified atom stereocenters. The predicted octanol–water partition coefficient (Wildman–Crippen LogP) is 4.03. The predicted molar refractivity (Wildman–Crippen MR) is 85.7 cm³/mol. The summed E-state index contributed by atoms with van der Waals surface area (Å²) in [6, 6.07) is 17.0. The minimum absolute atomic E-state index is 0.193. The van der Waals surface area contributed by atoms with Crippen molar-refractivity contribution >= 4 is 28.5 Å². The summed E-state index contributed by atoms with van der Waals surface area (Å²) in [4.78, 5) is 1.92. The van der Waals surface area contributed by atoms with Crippen LogP contribution in [0.2, 0.25) is 0 Å². The fraction of sp³-hybridized carbons (Fsp3) is 0.250. The van der Waals surface area contributed by atoms with Gasteiger partial charge in [-0.2, -0.15) is 5.26 Å². The van der Waals surface area contributed by atoms with Gasteiger partial charge in [-0.3, -0.25) is 0 Å². The third-order valence-corrected chi connectivity index (χ3v) is 5.12. The maximum absolute atomic E-state index is 9.41. The molecule has 0 spiro atoms. The standard InChI is InChI=1S/C16H14N2S2/c17-10-13-12(15-7-4-8-20-15)9-14(18-16(13)19)11-5-2-1-3-6-11/h1-8,12-14H,9H2,(H,18,19).